The van der Waals surface area contributed by atoms with Gasteiger partial charge in [0.05, 0.1) is 13.2 Å². The second-order valence-electron chi connectivity index (χ2n) is 12.6. The molecule has 0 bridgehead atoms. The van der Waals surface area contributed by atoms with Crippen molar-refractivity contribution in [2.24, 2.45) is 5.92 Å². The van der Waals surface area contributed by atoms with Crippen molar-refractivity contribution in [1.82, 2.24) is 29.3 Å². The van der Waals surface area contributed by atoms with Crippen LogP contribution in [0.3, 0.4) is 0 Å². The first kappa shape index (κ1) is 33.6. The number of aliphatic hydroxyl groups excluding tert-OH is 3. The summed E-state index contributed by atoms with van der Waals surface area (Å²) in [6.45, 7) is 3.11. The summed E-state index contributed by atoms with van der Waals surface area (Å²) >= 11 is 0. The van der Waals surface area contributed by atoms with Gasteiger partial charge in [0.25, 0.3) is 0 Å². The minimum absolute atomic E-state index is 0.110. The molecule has 4 aromatic rings. The van der Waals surface area contributed by atoms with Gasteiger partial charge in [-0.05, 0) is 49.5 Å². The average Bonchev–Trinajstić information content (AvgIpc) is 3.62. The number of fused-ring (bicyclic) bond motifs is 1. The van der Waals surface area contributed by atoms with Gasteiger partial charge in [-0.25, -0.2) is 15.0 Å². The third kappa shape index (κ3) is 7.08. The van der Waals surface area contributed by atoms with Gasteiger partial charge in [0.2, 0.25) is 11.9 Å². The number of imidazole rings is 1. The number of likely N-dealkylation sites (tertiary alicyclic amines) is 1. The molecular weight excluding hydrogens is 616 g/mol. The minimum Gasteiger partial charge on any atom is -0.493 e. The lowest BCUT2D eigenvalue weighted by Gasteiger charge is -2.32. The number of amides is 1. The Labute approximate surface area is 279 Å². The number of aliphatic hydroxyl groups is 3. The number of benzene rings is 2. The molecule has 2 aromatic carbocycles. The van der Waals surface area contributed by atoms with Crippen molar-refractivity contribution in [2.45, 2.75) is 50.3 Å². The number of ether oxygens (including phenoxy) is 2. The zero-order chi connectivity index (χ0) is 33.8. The van der Waals surface area contributed by atoms with Gasteiger partial charge in [-0.3, -0.25) is 9.36 Å². The van der Waals surface area contributed by atoms with Crippen LogP contribution < -0.4 is 15.8 Å². The summed E-state index contributed by atoms with van der Waals surface area (Å²) in [5.41, 5.74) is 9.67. The van der Waals surface area contributed by atoms with Crippen molar-refractivity contribution in [2.75, 3.05) is 58.0 Å². The molecule has 0 saturated carbocycles. The van der Waals surface area contributed by atoms with Crippen LogP contribution in [-0.4, -0.2) is 116 Å². The van der Waals surface area contributed by atoms with Crippen molar-refractivity contribution >= 4 is 28.8 Å². The number of carbonyl (C=O) groups is 1. The lowest BCUT2D eigenvalue weighted by atomic mass is 9.95. The van der Waals surface area contributed by atoms with E-state index in [4.69, 9.17) is 15.2 Å². The summed E-state index contributed by atoms with van der Waals surface area (Å²) in [6.07, 6.45) is -0.779. The third-order valence-electron chi connectivity index (χ3n) is 9.11. The van der Waals surface area contributed by atoms with E-state index >= 15 is 0 Å². The first-order valence-electron chi connectivity index (χ1n) is 16.3. The highest BCUT2D eigenvalue weighted by atomic mass is 16.6. The van der Waals surface area contributed by atoms with Crippen LogP contribution >= 0.6 is 0 Å². The summed E-state index contributed by atoms with van der Waals surface area (Å²) in [4.78, 5) is 29.4. The quantitative estimate of drug-likeness (QED) is 0.139. The summed E-state index contributed by atoms with van der Waals surface area (Å²) in [5.74, 6) is 1.54. The average molecular weight is 661 g/mol. The Morgan fingerprint density at radius 1 is 1.10 bits per heavy atom. The first-order valence-corrected chi connectivity index (χ1v) is 16.3. The fourth-order valence-corrected chi connectivity index (χ4v) is 6.46. The van der Waals surface area contributed by atoms with Crippen LogP contribution in [0.1, 0.15) is 31.1 Å². The van der Waals surface area contributed by atoms with Crippen LogP contribution in [0, 0.1) is 5.92 Å². The van der Waals surface area contributed by atoms with E-state index in [9.17, 15) is 20.1 Å². The van der Waals surface area contributed by atoms with E-state index in [1.54, 1.807) is 4.90 Å². The number of hydrogen-bond donors (Lipinski definition) is 5. The van der Waals surface area contributed by atoms with E-state index in [1.807, 2.05) is 62.6 Å². The predicted molar refractivity (Wildman–Crippen MR) is 180 cm³/mol. The second-order valence-corrected chi connectivity index (χ2v) is 12.6. The highest BCUT2D eigenvalue weighted by Crippen LogP contribution is 2.36. The van der Waals surface area contributed by atoms with Crippen LogP contribution in [0.2, 0.25) is 0 Å². The number of nitrogen functional groups attached to an aromatic ring is 1. The maximum Gasteiger partial charge on any atom is 0.225 e. The molecule has 2 fully saturated rings. The monoisotopic (exact) mass is 660 g/mol. The van der Waals surface area contributed by atoms with Crippen LogP contribution in [0.25, 0.3) is 22.3 Å². The number of rotatable bonds is 12. The highest BCUT2D eigenvalue weighted by molar-refractivity contribution is 5.84. The van der Waals surface area contributed by atoms with E-state index in [2.05, 4.69) is 25.2 Å². The van der Waals surface area contributed by atoms with Gasteiger partial charge in [0.15, 0.2) is 23.2 Å². The Morgan fingerprint density at radius 3 is 2.58 bits per heavy atom. The Morgan fingerprint density at radius 2 is 1.88 bits per heavy atom. The third-order valence-corrected chi connectivity index (χ3v) is 9.11. The van der Waals surface area contributed by atoms with Gasteiger partial charge >= 0.3 is 0 Å². The topological polar surface area (TPSA) is 184 Å². The van der Waals surface area contributed by atoms with Crippen molar-refractivity contribution < 1.29 is 29.6 Å². The molecule has 2 aromatic heterocycles. The van der Waals surface area contributed by atoms with Gasteiger partial charge in [0, 0.05) is 38.7 Å². The van der Waals surface area contributed by atoms with E-state index < -0.39 is 31.1 Å². The summed E-state index contributed by atoms with van der Waals surface area (Å²) < 4.78 is 13.8. The van der Waals surface area contributed by atoms with Crippen molar-refractivity contribution in [3.8, 4) is 16.9 Å². The summed E-state index contributed by atoms with van der Waals surface area (Å²) in [6, 6.07) is 16.1. The Balaban J connectivity index is 1.16. The van der Waals surface area contributed by atoms with E-state index in [0.717, 1.165) is 61.3 Å². The molecular formula is C34H44N8O6. The molecule has 2 aliphatic heterocycles. The fourth-order valence-electron chi connectivity index (χ4n) is 6.46. The summed E-state index contributed by atoms with van der Waals surface area (Å²) in [5, 5.41) is 34.2. The number of anilines is 2. The second kappa shape index (κ2) is 14.8. The molecule has 6 N–H and O–H groups in total. The van der Waals surface area contributed by atoms with Crippen molar-refractivity contribution in [1.29, 1.82) is 0 Å². The maximum atomic E-state index is 12.3. The number of carbonyl (C=O) groups excluding carboxylic acids is 1. The van der Waals surface area contributed by atoms with Crippen molar-refractivity contribution in [3.05, 3.63) is 60.4 Å². The van der Waals surface area contributed by atoms with Crippen LogP contribution in [-0.2, 0) is 16.1 Å². The van der Waals surface area contributed by atoms with Gasteiger partial charge < -0.3 is 45.6 Å². The molecule has 0 spiro atoms. The Hall–Kier alpha value is -4.34. The zero-order valence-corrected chi connectivity index (χ0v) is 27.3. The minimum atomic E-state index is -1.34. The maximum absolute atomic E-state index is 12.3. The van der Waals surface area contributed by atoms with Crippen molar-refractivity contribution in [3.63, 3.8) is 0 Å². The molecule has 6 rings (SSSR count). The SMILES string of the molecule is CN(C)C(=O)C1CCN(CCCOc2cc(CNc3nc4c(N)ncnc4n3[C@@H]3O[C@H](CO)[C@@H](O)[C@H]3O)ccc2-c2ccccc2)CC1. The molecule has 0 radical (unpaired) electrons. The number of nitrogens with one attached hydrogen (secondary N) is 1. The van der Waals surface area contributed by atoms with Gasteiger partial charge in [-0.2, -0.15) is 0 Å². The predicted octanol–water partition coefficient (Wildman–Crippen LogP) is 1.87. The van der Waals surface area contributed by atoms with Gasteiger partial charge in [0.1, 0.15) is 30.4 Å². The number of nitrogens with zero attached hydrogens (tertiary/aromatic N) is 6. The zero-order valence-electron chi connectivity index (χ0n) is 27.3. The molecule has 4 heterocycles. The van der Waals surface area contributed by atoms with Crippen LogP contribution in [0.5, 0.6) is 5.75 Å². The summed E-state index contributed by atoms with van der Waals surface area (Å²) in [7, 11) is 3.64. The number of nitrogens with two attached hydrogens (primary N) is 1. The molecule has 0 unspecified atom stereocenters. The standard InChI is InChI=1S/C34H44N8O6/c1-40(2)32(46)23-11-14-41(15-12-23)13-6-16-47-25-17-21(9-10-24(25)22-7-4-3-5-8-22)18-36-34-39-27-30(35)37-20-38-31(27)42(34)33-29(45)28(44)26(19-43)48-33/h3-5,7-10,17,20,23,26,28-29,33,43-45H,6,11-16,18-19H2,1-2H3,(H,36,39)(H2,35,37,38)/t26-,28-,29-,33-/m1/s1. The first-order chi connectivity index (χ1) is 23.2. The molecule has 2 saturated heterocycles. The number of piperidine rings is 1. The highest BCUT2D eigenvalue weighted by Gasteiger charge is 2.45. The number of aromatic nitrogens is 4. The largest absolute Gasteiger partial charge is 0.493 e. The van der Waals surface area contributed by atoms with E-state index in [-0.39, 0.29) is 17.6 Å². The van der Waals surface area contributed by atoms with Crippen LogP contribution in [0.4, 0.5) is 11.8 Å². The smallest absolute Gasteiger partial charge is 0.225 e. The molecule has 14 heteroatoms. The van der Waals surface area contributed by atoms with E-state index in [0.29, 0.717) is 30.3 Å². The number of hydrogen-bond acceptors (Lipinski definition) is 12. The van der Waals surface area contributed by atoms with Gasteiger partial charge in [-0.1, -0.05) is 42.5 Å². The van der Waals surface area contributed by atoms with E-state index in [1.165, 1.54) is 10.9 Å². The molecule has 1 amide bonds. The molecule has 0 aliphatic carbocycles. The molecule has 256 valence electrons. The lowest BCUT2D eigenvalue weighted by Crippen LogP contribution is -2.40. The molecule has 48 heavy (non-hydrogen) atoms. The van der Waals surface area contributed by atoms with Gasteiger partial charge in [-0.15, -0.1) is 0 Å². The molecule has 2 aliphatic rings. The molecule has 14 nitrogen and oxygen atoms in total. The van der Waals surface area contributed by atoms with Crippen LogP contribution in [0.15, 0.2) is 54.9 Å². The fraction of sp³-hybridized carbons (Fsp3) is 0.471. The Kier molecular flexibility index (Phi) is 10.4. The normalized spacial score (nSPS) is 21.9. The Bertz CT molecular complexity index is 1690. The molecule has 4 atom stereocenters. The lowest BCUT2D eigenvalue weighted by molar-refractivity contribution is -0.134.